The molecule has 0 unspecified atom stereocenters. The zero-order valence-corrected chi connectivity index (χ0v) is 14.5. The van der Waals surface area contributed by atoms with Crippen LogP contribution in [0.1, 0.15) is 23.5 Å². The molecule has 2 atom stereocenters. The molecule has 0 aromatic heterocycles. The van der Waals surface area contributed by atoms with Gasteiger partial charge in [0.2, 0.25) is 5.91 Å². The van der Waals surface area contributed by atoms with Gasteiger partial charge in [-0.2, -0.15) is 0 Å². The standard InChI is InChI=1S/C20H20N2O5/c21-20(19(26)27)11-15(18(24)25)22(12-20)17(23)16(13-7-3-1-4-8-13)14-9-5-2-6-10-14/h1-10,15-16H,11-12,21H2,(H,24,25)(H,26,27)/t15-,20-/m1/s1. The molecule has 0 aliphatic carbocycles. The minimum atomic E-state index is -1.78. The molecular weight excluding hydrogens is 348 g/mol. The van der Waals surface area contributed by atoms with Crippen molar-refractivity contribution >= 4 is 17.8 Å². The van der Waals surface area contributed by atoms with Crippen molar-refractivity contribution in [1.82, 2.24) is 4.90 Å². The molecular formula is C20H20N2O5. The van der Waals surface area contributed by atoms with Gasteiger partial charge in [0.15, 0.2) is 0 Å². The highest BCUT2D eigenvalue weighted by atomic mass is 16.4. The highest BCUT2D eigenvalue weighted by molar-refractivity contribution is 5.93. The number of amides is 1. The summed E-state index contributed by atoms with van der Waals surface area (Å²) in [6.07, 6.45) is -0.334. The lowest BCUT2D eigenvalue weighted by molar-refractivity contribution is -0.148. The molecule has 1 aliphatic rings. The van der Waals surface area contributed by atoms with Gasteiger partial charge in [0.1, 0.15) is 11.6 Å². The van der Waals surface area contributed by atoms with E-state index in [1.165, 1.54) is 0 Å². The van der Waals surface area contributed by atoms with Gasteiger partial charge < -0.3 is 20.8 Å². The van der Waals surface area contributed by atoms with Crippen molar-refractivity contribution in [3.63, 3.8) is 0 Å². The molecule has 0 radical (unpaired) electrons. The number of carbonyl (C=O) groups is 3. The van der Waals surface area contributed by atoms with Crippen LogP contribution in [0.3, 0.4) is 0 Å². The number of carbonyl (C=O) groups excluding carboxylic acids is 1. The number of benzene rings is 2. The maximum atomic E-state index is 13.4. The molecule has 7 nitrogen and oxygen atoms in total. The first kappa shape index (κ1) is 18.6. The SMILES string of the molecule is N[C@]1(C(=O)O)C[C@H](C(=O)O)N(C(=O)C(c2ccccc2)c2ccccc2)C1. The molecule has 1 aliphatic heterocycles. The number of carboxylic acids is 2. The van der Waals surface area contributed by atoms with Crippen molar-refractivity contribution in [2.24, 2.45) is 5.73 Å². The van der Waals surface area contributed by atoms with Gasteiger partial charge in [0.05, 0.1) is 12.5 Å². The van der Waals surface area contributed by atoms with Crippen molar-refractivity contribution in [1.29, 1.82) is 0 Å². The van der Waals surface area contributed by atoms with Gasteiger partial charge in [0.25, 0.3) is 0 Å². The Morgan fingerprint density at radius 3 is 1.85 bits per heavy atom. The van der Waals surface area contributed by atoms with E-state index >= 15 is 0 Å². The Morgan fingerprint density at radius 1 is 0.963 bits per heavy atom. The Hall–Kier alpha value is -3.19. The van der Waals surface area contributed by atoms with Crippen molar-refractivity contribution < 1.29 is 24.6 Å². The first-order valence-corrected chi connectivity index (χ1v) is 8.49. The summed E-state index contributed by atoms with van der Waals surface area (Å²) in [6.45, 7) is -0.353. The molecule has 2 aromatic carbocycles. The largest absolute Gasteiger partial charge is 0.480 e. The third-order valence-electron chi connectivity index (χ3n) is 4.89. The molecule has 0 spiro atoms. The minimum absolute atomic E-state index is 0.334. The van der Waals surface area contributed by atoms with Crippen molar-refractivity contribution in [2.75, 3.05) is 6.54 Å². The summed E-state index contributed by atoms with van der Waals surface area (Å²) >= 11 is 0. The third-order valence-corrected chi connectivity index (χ3v) is 4.89. The lowest BCUT2D eigenvalue weighted by Gasteiger charge is -2.27. The van der Waals surface area contributed by atoms with Crippen LogP contribution in [0.4, 0.5) is 0 Å². The van der Waals surface area contributed by atoms with Crippen LogP contribution in [0, 0.1) is 0 Å². The molecule has 2 aromatic rings. The van der Waals surface area contributed by atoms with Gasteiger partial charge >= 0.3 is 11.9 Å². The molecule has 0 saturated carbocycles. The number of nitrogens with two attached hydrogens (primary N) is 1. The molecule has 1 saturated heterocycles. The fourth-order valence-electron chi connectivity index (χ4n) is 3.48. The average molecular weight is 368 g/mol. The Labute approximate surface area is 156 Å². The van der Waals surface area contributed by atoms with Gasteiger partial charge in [-0.1, -0.05) is 60.7 Å². The minimum Gasteiger partial charge on any atom is -0.480 e. The zero-order valence-electron chi connectivity index (χ0n) is 14.5. The van der Waals surface area contributed by atoms with Gasteiger partial charge in [0, 0.05) is 6.42 Å². The number of hydrogen-bond acceptors (Lipinski definition) is 4. The van der Waals surface area contributed by atoms with Crippen molar-refractivity contribution in [2.45, 2.75) is 23.9 Å². The maximum Gasteiger partial charge on any atom is 0.326 e. The Balaban J connectivity index is 2.03. The zero-order chi connectivity index (χ0) is 19.6. The average Bonchev–Trinajstić information content (AvgIpc) is 3.03. The quantitative estimate of drug-likeness (QED) is 0.731. The smallest absolute Gasteiger partial charge is 0.326 e. The highest BCUT2D eigenvalue weighted by Gasteiger charge is 2.52. The Morgan fingerprint density at radius 2 is 1.44 bits per heavy atom. The second-order valence-corrected chi connectivity index (χ2v) is 6.74. The number of nitrogens with zero attached hydrogens (tertiary/aromatic N) is 1. The van der Waals surface area contributed by atoms with Crippen LogP contribution in [0.5, 0.6) is 0 Å². The topological polar surface area (TPSA) is 121 Å². The van der Waals surface area contributed by atoms with E-state index in [0.29, 0.717) is 11.1 Å². The second-order valence-electron chi connectivity index (χ2n) is 6.74. The van der Waals surface area contributed by atoms with Crippen LogP contribution in [0.2, 0.25) is 0 Å². The fourth-order valence-corrected chi connectivity index (χ4v) is 3.48. The summed E-state index contributed by atoms with van der Waals surface area (Å²) in [5, 5.41) is 18.9. The fraction of sp³-hybridized carbons (Fsp3) is 0.250. The molecule has 4 N–H and O–H groups in total. The van der Waals surface area contributed by atoms with E-state index in [9.17, 15) is 24.6 Å². The summed E-state index contributed by atoms with van der Waals surface area (Å²) in [4.78, 5) is 37.7. The predicted octanol–water partition coefficient (Wildman–Crippen LogP) is 1.29. The lowest BCUT2D eigenvalue weighted by atomic mass is 9.90. The molecule has 1 fully saturated rings. The number of aliphatic carboxylic acids is 2. The normalized spacial score (nSPS) is 22.0. The van der Waals surface area contributed by atoms with E-state index in [2.05, 4.69) is 0 Å². The summed E-state index contributed by atoms with van der Waals surface area (Å²) in [6, 6.07) is 16.7. The van der Waals surface area contributed by atoms with E-state index in [4.69, 9.17) is 5.73 Å². The molecule has 0 bridgehead atoms. The van der Waals surface area contributed by atoms with Crippen LogP contribution < -0.4 is 5.73 Å². The second kappa shape index (κ2) is 7.20. The number of hydrogen-bond donors (Lipinski definition) is 3. The first-order valence-electron chi connectivity index (χ1n) is 8.49. The van der Waals surface area contributed by atoms with Gasteiger partial charge in [-0.25, -0.2) is 4.79 Å². The van der Waals surface area contributed by atoms with Crippen LogP contribution in [-0.2, 0) is 14.4 Å². The maximum absolute atomic E-state index is 13.4. The summed E-state index contributed by atoms with van der Waals surface area (Å²) in [7, 11) is 0. The monoisotopic (exact) mass is 368 g/mol. The third kappa shape index (κ3) is 3.54. The Bertz CT molecular complexity index is 816. The van der Waals surface area contributed by atoms with Crippen molar-refractivity contribution in [3.8, 4) is 0 Å². The summed E-state index contributed by atoms with van der Waals surface area (Å²) < 4.78 is 0. The van der Waals surface area contributed by atoms with Gasteiger partial charge in [-0.15, -0.1) is 0 Å². The molecule has 1 heterocycles. The first-order chi connectivity index (χ1) is 12.8. The van der Waals surface area contributed by atoms with Crippen molar-refractivity contribution in [3.05, 3.63) is 71.8 Å². The van der Waals surface area contributed by atoms with E-state index in [1.807, 2.05) is 12.1 Å². The number of rotatable bonds is 5. The van der Waals surface area contributed by atoms with Gasteiger partial charge in [-0.3, -0.25) is 9.59 Å². The van der Waals surface area contributed by atoms with Crippen LogP contribution in [0.25, 0.3) is 0 Å². The molecule has 7 heteroatoms. The lowest BCUT2D eigenvalue weighted by Crippen LogP contribution is -2.51. The predicted molar refractivity (Wildman–Crippen MR) is 97.0 cm³/mol. The van der Waals surface area contributed by atoms with E-state index in [0.717, 1.165) is 4.90 Å². The Kier molecular flexibility index (Phi) is 4.96. The van der Waals surface area contributed by atoms with Crippen LogP contribution in [-0.4, -0.2) is 51.1 Å². The number of likely N-dealkylation sites (tertiary alicyclic amines) is 1. The van der Waals surface area contributed by atoms with E-state index in [1.54, 1.807) is 48.5 Å². The van der Waals surface area contributed by atoms with Crippen LogP contribution >= 0.6 is 0 Å². The molecule has 27 heavy (non-hydrogen) atoms. The number of carboxylic acid groups (broad SMARTS) is 2. The highest BCUT2D eigenvalue weighted by Crippen LogP contribution is 2.33. The van der Waals surface area contributed by atoms with E-state index < -0.39 is 35.3 Å². The summed E-state index contributed by atoms with van der Waals surface area (Å²) in [5.41, 5.74) is 5.49. The van der Waals surface area contributed by atoms with E-state index in [-0.39, 0.29) is 13.0 Å². The molecule has 3 rings (SSSR count). The van der Waals surface area contributed by atoms with Gasteiger partial charge in [-0.05, 0) is 11.1 Å². The summed E-state index contributed by atoms with van der Waals surface area (Å²) in [5.74, 6) is -3.81. The molecule has 1 amide bonds. The molecule has 140 valence electrons. The van der Waals surface area contributed by atoms with Crippen LogP contribution in [0.15, 0.2) is 60.7 Å².